The van der Waals surface area contributed by atoms with Gasteiger partial charge < -0.3 is 5.32 Å². The average Bonchev–Trinajstić information content (AvgIpc) is 3.28. The van der Waals surface area contributed by atoms with Crippen LogP contribution in [0.4, 0.5) is 5.69 Å². The van der Waals surface area contributed by atoms with Crippen LogP contribution in [0.25, 0.3) is 17.1 Å². The van der Waals surface area contributed by atoms with Gasteiger partial charge in [0.15, 0.2) is 0 Å². The van der Waals surface area contributed by atoms with E-state index in [0.717, 1.165) is 5.56 Å². The highest BCUT2D eigenvalue weighted by Crippen LogP contribution is 2.17. The summed E-state index contributed by atoms with van der Waals surface area (Å²) in [5.74, 6) is -0.0529. The van der Waals surface area contributed by atoms with E-state index in [-0.39, 0.29) is 17.8 Å². The van der Waals surface area contributed by atoms with Crippen molar-refractivity contribution in [2.24, 2.45) is 7.05 Å². The summed E-state index contributed by atoms with van der Waals surface area (Å²) >= 11 is 5.88. The largest absolute Gasteiger partial charge is 0.318 e. The Kier molecular flexibility index (Phi) is 5.20. The summed E-state index contributed by atoms with van der Waals surface area (Å²) in [6, 6.07) is 16.2. The molecule has 4 rings (SSSR count). The third-order valence-electron chi connectivity index (χ3n) is 4.66. The molecule has 1 N–H and O–H groups in total. The van der Waals surface area contributed by atoms with Gasteiger partial charge in [0.25, 0.3) is 5.56 Å². The second-order valence-electron chi connectivity index (χ2n) is 6.64. The van der Waals surface area contributed by atoms with Gasteiger partial charge in [-0.1, -0.05) is 29.8 Å². The van der Waals surface area contributed by atoms with E-state index in [9.17, 15) is 9.59 Å². The smallest absolute Gasteiger partial charge is 0.295 e. The van der Waals surface area contributed by atoms with Crippen LogP contribution < -0.4 is 10.9 Å². The SMILES string of the molecule is Cc1c(NC(=O)Cn2nnc(-c3ccc(Cl)cc3)n2)c(=O)n(-c2ccccc2)n1C. The molecule has 0 radical (unpaired) electrons. The summed E-state index contributed by atoms with van der Waals surface area (Å²) in [6.07, 6.45) is 0. The highest BCUT2D eigenvalue weighted by molar-refractivity contribution is 6.30. The van der Waals surface area contributed by atoms with Gasteiger partial charge in [0.2, 0.25) is 11.7 Å². The standard InChI is InChI=1S/C20H18ClN7O2/c1-13-18(20(30)28(26(13)2)16-6-4-3-5-7-16)22-17(29)12-27-24-19(23-25-27)14-8-10-15(21)11-9-14/h3-11H,12H2,1-2H3,(H,22,29). The lowest BCUT2D eigenvalue weighted by Crippen LogP contribution is -2.25. The maximum atomic E-state index is 12.9. The monoisotopic (exact) mass is 423 g/mol. The Labute approximate surface area is 176 Å². The first-order valence-electron chi connectivity index (χ1n) is 9.11. The maximum absolute atomic E-state index is 12.9. The van der Waals surface area contributed by atoms with Crippen molar-refractivity contribution >= 4 is 23.2 Å². The molecule has 2 aromatic heterocycles. The zero-order valence-electron chi connectivity index (χ0n) is 16.3. The van der Waals surface area contributed by atoms with E-state index in [1.165, 1.54) is 9.48 Å². The van der Waals surface area contributed by atoms with Gasteiger partial charge >= 0.3 is 0 Å². The highest BCUT2D eigenvalue weighted by atomic mass is 35.5. The number of tetrazole rings is 1. The van der Waals surface area contributed by atoms with Crippen LogP contribution in [0.1, 0.15) is 5.69 Å². The molecule has 0 fully saturated rings. The topological polar surface area (TPSA) is 99.6 Å². The molecule has 0 aliphatic heterocycles. The van der Waals surface area contributed by atoms with Crippen LogP contribution in [0.5, 0.6) is 0 Å². The van der Waals surface area contributed by atoms with Gasteiger partial charge in [-0.25, -0.2) is 4.68 Å². The van der Waals surface area contributed by atoms with Crippen molar-refractivity contribution in [3.8, 4) is 17.1 Å². The Hall–Kier alpha value is -3.72. The van der Waals surface area contributed by atoms with Gasteiger partial charge in [-0.05, 0) is 48.5 Å². The average molecular weight is 424 g/mol. The van der Waals surface area contributed by atoms with Gasteiger partial charge in [0, 0.05) is 17.6 Å². The maximum Gasteiger partial charge on any atom is 0.295 e. The number of hydrogen-bond acceptors (Lipinski definition) is 5. The second kappa shape index (κ2) is 7.96. The number of halogens is 1. The fraction of sp³-hybridized carbons (Fsp3) is 0.150. The second-order valence-corrected chi connectivity index (χ2v) is 7.07. The molecule has 1 amide bonds. The number of carbonyl (C=O) groups excluding carboxylic acids is 1. The molecule has 0 bridgehead atoms. The number of anilines is 1. The molecule has 0 atom stereocenters. The lowest BCUT2D eigenvalue weighted by molar-refractivity contribution is -0.117. The van der Waals surface area contributed by atoms with Crippen LogP contribution in [0.3, 0.4) is 0 Å². The molecule has 152 valence electrons. The number of para-hydroxylation sites is 1. The molecule has 2 aromatic carbocycles. The van der Waals surface area contributed by atoms with E-state index in [1.54, 1.807) is 42.9 Å². The molecular formula is C20H18ClN7O2. The Morgan fingerprint density at radius 2 is 1.80 bits per heavy atom. The van der Waals surface area contributed by atoms with E-state index < -0.39 is 5.91 Å². The third-order valence-corrected chi connectivity index (χ3v) is 4.91. The molecule has 2 heterocycles. The zero-order valence-corrected chi connectivity index (χ0v) is 17.0. The molecule has 9 nitrogen and oxygen atoms in total. The van der Waals surface area contributed by atoms with Gasteiger partial charge in [-0.3, -0.25) is 14.3 Å². The summed E-state index contributed by atoms with van der Waals surface area (Å²) in [4.78, 5) is 26.6. The van der Waals surface area contributed by atoms with Crippen molar-refractivity contribution in [2.45, 2.75) is 13.5 Å². The Morgan fingerprint density at radius 3 is 2.50 bits per heavy atom. The lowest BCUT2D eigenvalue weighted by atomic mass is 10.2. The Bertz CT molecular complexity index is 1260. The van der Waals surface area contributed by atoms with Crippen LogP contribution in [-0.4, -0.2) is 35.5 Å². The van der Waals surface area contributed by atoms with E-state index >= 15 is 0 Å². The number of amides is 1. The van der Waals surface area contributed by atoms with Crippen LogP contribution in [-0.2, 0) is 18.4 Å². The number of carbonyl (C=O) groups is 1. The number of nitrogens with zero attached hydrogens (tertiary/aromatic N) is 6. The number of aromatic nitrogens is 6. The Balaban J connectivity index is 1.53. The number of hydrogen-bond donors (Lipinski definition) is 1. The first-order chi connectivity index (χ1) is 14.4. The fourth-order valence-corrected chi connectivity index (χ4v) is 3.17. The van der Waals surface area contributed by atoms with E-state index in [1.807, 2.05) is 30.3 Å². The molecule has 0 unspecified atom stereocenters. The van der Waals surface area contributed by atoms with Crippen molar-refractivity contribution in [1.29, 1.82) is 0 Å². The number of nitrogens with one attached hydrogen (secondary N) is 1. The van der Waals surface area contributed by atoms with Crippen molar-refractivity contribution in [1.82, 2.24) is 29.6 Å². The van der Waals surface area contributed by atoms with Gasteiger partial charge in [-0.15, -0.1) is 10.2 Å². The van der Waals surface area contributed by atoms with Crippen LogP contribution in [0.2, 0.25) is 5.02 Å². The van der Waals surface area contributed by atoms with Crippen LogP contribution in [0, 0.1) is 6.92 Å². The molecule has 30 heavy (non-hydrogen) atoms. The third kappa shape index (κ3) is 3.74. The minimum absolute atomic E-state index is 0.181. The first kappa shape index (κ1) is 19.6. The van der Waals surface area contributed by atoms with Gasteiger partial charge in [0.1, 0.15) is 12.2 Å². The zero-order chi connectivity index (χ0) is 21.3. The van der Waals surface area contributed by atoms with E-state index in [2.05, 4.69) is 20.7 Å². The summed E-state index contributed by atoms with van der Waals surface area (Å²) in [7, 11) is 1.76. The summed E-state index contributed by atoms with van der Waals surface area (Å²) in [6.45, 7) is 1.59. The predicted molar refractivity (Wildman–Crippen MR) is 113 cm³/mol. The normalized spacial score (nSPS) is 10.9. The number of rotatable bonds is 5. The summed E-state index contributed by atoms with van der Waals surface area (Å²) in [5.41, 5.74) is 1.97. The summed E-state index contributed by atoms with van der Waals surface area (Å²) in [5, 5.41) is 15.3. The van der Waals surface area contributed by atoms with E-state index in [4.69, 9.17) is 11.6 Å². The fourth-order valence-electron chi connectivity index (χ4n) is 3.04. The molecular weight excluding hydrogens is 406 g/mol. The molecule has 0 saturated heterocycles. The van der Waals surface area contributed by atoms with E-state index in [0.29, 0.717) is 22.2 Å². The van der Waals surface area contributed by atoms with Crippen molar-refractivity contribution < 1.29 is 4.79 Å². The molecule has 10 heteroatoms. The van der Waals surface area contributed by atoms with Gasteiger partial charge in [-0.2, -0.15) is 4.80 Å². The summed E-state index contributed by atoms with van der Waals surface area (Å²) < 4.78 is 3.19. The predicted octanol–water partition coefficient (Wildman–Crippen LogP) is 2.43. The Morgan fingerprint density at radius 1 is 1.10 bits per heavy atom. The lowest BCUT2D eigenvalue weighted by Gasteiger charge is -2.07. The first-order valence-corrected chi connectivity index (χ1v) is 9.49. The minimum atomic E-state index is -0.430. The molecule has 0 saturated carbocycles. The molecule has 0 aliphatic carbocycles. The quantitative estimate of drug-likeness (QED) is 0.531. The van der Waals surface area contributed by atoms with Crippen LogP contribution in [0.15, 0.2) is 59.4 Å². The molecule has 0 aliphatic rings. The van der Waals surface area contributed by atoms with Crippen molar-refractivity contribution in [3.63, 3.8) is 0 Å². The molecule has 4 aromatic rings. The van der Waals surface area contributed by atoms with Crippen LogP contribution >= 0.6 is 11.6 Å². The van der Waals surface area contributed by atoms with Crippen molar-refractivity contribution in [3.05, 3.63) is 75.7 Å². The van der Waals surface area contributed by atoms with Gasteiger partial charge in [0.05, 0.1) is 11.4 Å². The number of benzene rings is 2. The minimum Gasteiger partial charge on any atom is -0.318 e. The highest BCUT2D eigenvalue weighted by Gasteiger charge is 2.19. The molecule has 0 spiro atoms. The van der Waals surface area contributed by atoms with Crippen molar-refractivity contribution in [2.75, 3.05) is 5.32 Å².